The molecule has 3 rings (SSSR count). The van der Waals surface area contributed by atoms with Crippen LogP contribution in [-0.4, -0.2) is 56.9 Å². The molecule has 0 radical (unpaired) electrons. The molecule has 2 saturated heterocycles. The molecule has 0 N–H and O–H groups in total. The number of carbonyl (C=O) groups excluding carboxylic acids is 1. The third-order valence-corrected chi connectivity index (χ3v) is 5.72. The molecule has 25 heavy (non-hydrogen) atoms. The number of hydrogen-bond donors (Lipinski definition) is 0. The van der Waals surface area contributed by atoms with Crippen molar-refractivity contribution in [1.29, 1.82) is 0 Å². The smallest absolute Gasteiger partial charge is 0.410 e. The zero-order valence-corrected chi connectivity index (χ0v) is 15.4. The van der Waals surface area contributed by atoms with Gasteiger partial charge in [-0.1, -0.05) is 17.7 Å². The minimum absolute atomic E-state index is 0.100. The predicted octanol–water partition coefficient (Wildman–Crippen LogP) is 2.09. The van der Waals surface area contributed by atoms with Gasteiger partial charge in [-0.05, 0) is 32.9 Å². The van der Waals surface area contributed by atoms with Gasteiger partial charge < -0.3 is 9.47 Å². The van der Waals surface area contributed by atoms with Crippen molar-refractivity contribution in [3.8, 4) is 0 Å². The summed E-state index contributed by atoms with van der Waals surface area (Å²) in [5.41, 5.74) is 0.174. The summed E-state index contributed by atoms with van der Waals surface area (Å²) in [6, 6.07) is 6.37. The lowest BCUT2D eigenvalue weighted by molar-refractivity contribution is -0.0653. The van der Waals surface area contributed by atoms with E-state index < -0.39 is 21.8 Å². The molecule has 2 atom stereocenters. The maximum atomic E-state index is 12.3. The summed E-state index contributed by atoms with van der Waals surface area (Å²) in [7, 11) is -3.87. The lowest BCUT2D eigenvalue weighted by Gasteiger charge is -2.32. The number of aryl methyl sites for hydroxylation is 1. The molecule has 0 spiro atoms. The molecule has 2 aliphatic rings. The van der Waals surface area contributed by atoms with Gasteiger partial charge in [-0.2, -0.15) is 8.42 Å². The fraction of sp³-hybridized carbons (Fsp3) is 0.588. The van der Waals surface area contributed by atoms with Crippen LogP contribution in [0.2, 0.25) is 0 Å². The number of nitrogens with zero attached hydrogens (tertiary/aromatic N) is 1. The lowest BCUT2D eigenvalue weighted by atomic mass is 10.1. The Balaban J connectivity index is 1.65. The number of hydrogen-bond acceptors (Lipinski definition) is 6. The van der Waals surface area contributed by atoms with E-state index in [-0.39, 0.29) is 30.2 Å². The highest BCUT2D eigenvalue weighted by Crippen LogP contribution is 2.38. The van der Waals surface area contributed by atoms with Gasteiger partial charge in [0.2, 0.25) is 0 Å². The number of benzene rings is 1. The van der Waals surface area contributed by atoms with Crippen LogP contribution in [0.4, 0.5) is 4.79 Å². The van der Waals surface area contributed by atoms with E-state index in [0.717, 1.165) is 5.56 Å². The number of amides is 1. The zero-order valence-electron chi connectivity index (χ0n) is 14.6. The van der Waals surface area contributed by atoms with Crippen molar-refractivity contribution in [2.75, 3.05) is 19.8 Å². The average Bonchev–Trinajstić information content (AvgIpc) is 3.12. The molecule has 8 heteroatoms. The average molecular weight is 369 g/mol. The highest BCUT2D eigenvalue weighted by Gasteiger charge is 2.54. The molecule has 1 amide bonds. The predicted molar refractivity (Wildman–Crippen MR) is 89.7 cm³/mol. The van der Waals surface area contributed by atoms with Gasteiger partial charge in [0.05, 0.1) is 36.8 Å². The summed E-state index contributed by atoms with van der Waals surface area (Å²) in [4.78, 5) is 13.8. The Bertz CT molecular complexity index is 745. The second-order valence-electron chi connectivity index (χ2n) is 6.94. The highest BCUT2D eigenvalue weighted by atomic mass is 32.2. The molecule has 1 aromatic rings. The fourth-order valence-corrected chi connectivity index (χ4v) is 4.13. The first kappa shape index (κ1) is 18.2. The SMILES string of the molecule is Cc1ccc(S(=O)(=O)OCC23CC(CO2)N(C(=O)OC(C)C)C3)cc1. The van der Waals surface area contributed by atoms with Crippen molar-refractivity contribution >= 4 is 16.2 Å². The number of ether oxygens (including phenoxy) is 2. The van der Waals surface area contributed by atoms with Gasteiger partial charge in [-0.25, -0.2) is 4.79 Å². The summed E-state index contributed by atoms with van der Waals surface area (Å²) in [6.45, 7) is 5.97. The van der Waals surface area contributed by atoms with Crippen LogP contribution in [0, 0.1) is 6.92 Å². The van der Waals surface area contributed by atoms with Crippen molar-refractivity contribution in [2.45, 2.75) is 49.8 Å². The van der Waals surface area contributed by atoms with E-state index in [9.17, 15) is 13.2 Å². The number of morpholine rings is 1. The van der Waals surface area contributed by atoms with Gasteiger partial charge in [0.1, 0.15) is 5.60 Å². The van der Waals surface area contributed by atoms with Crippen LogP contribution < -0.4 is 0 Å². The van der Waals surface area contributed by atoms with E-state index in [1.54, 1.807) is 30.9 Å². The van der Waals surface area contributed by atoms with Crippen molar-refractivity contribution in [3.05, 3.63) is 29.8 Å². The number of fused-ring (bicyclic) bond motifs is 2. The fourth-order valence-electron chi connectivity index (χ4n) is 3.16. The van der Waals surface area contributed by atoms with Crippen molar-refractivity contribution in [2.24, 2.45) is 0 Å². The van der Waals surface area contributed by atoms with Crippen LogP contribution in [0.25, 0.3) is 0 Å². The van der Waals surface area contributed by atoms with E-state index in [0.29, 0.717) is 13.0 Å². The first-order valence-corrected chi connectivity index (χ1v) is 9.69. The van der Waals surface area contributed by atoms with Gasteiger partial charge in [-0.3, -0.25) is 9.08 Å². The summed E-state index contributed by atoms with van der Waals surface area (Å²) >= 11 is 0. The third kappa shape index (κ3) is 3.80. The Morgan fingerprint density at radius 1 is 1.36 bits per heavy atom. The van der Waals surface area contributed by atoms with Gasteiger partial charge in [0.15, 0.2) is 0 Å². The van der Waals surface area contributed by atoms with Crippen LogP contribution >= 0.6 is 0 Å². The van der Waals surface area contributed by atoms with Gasteiger partial charge in [0, 0.05) is 6.42 Å². The summed E-state index contributed by atoms with van der Waals surface area (Å²) in [5, 5.41) is 0. The summed E-state index contributed by atoms with van der Waals surface area (Å²) < 4.78 is 40.9. The minimum atomic E-state index is -3.87. The molecule has 0 saturated carbocycles. The van der Waals surface area contributed by atoms with Gasteiger partial charge in [-0.15, -0.1) is 0 Å². The van der Waals surface area contributed by atoms with Crippen molar-refractivity contribution < 1.29 is 26.9 Å². The Hall–Kier alpha value is -1.64. The highest BCUT2D eigenvalue weighted by molar-refractivity contribution is 7.86. The Morgan fingerprint density at radius 2 is 2.04 bits per heavy atom. The lowest BCUT2D eigenvalue weighted by Crippen LogP contribution is -2.48. The first-order valence-electron chi connectivity index (χ1n) is 8.28. The molecule has 7 nitrogen and oxygen atoms in total. The van der Waals surface area contributed by atoms with Crippen LogP contribution in [0.3, 0.4) is 0 Å². The van der Waals surface area contributed by atoms with E-state index in [1.165, 1.54) is 12.1 Å². The molecule has 2 fully saturated rings. The van der Waals surface area contributed by atoms with Crippen LogP contribution in [0.1, 0.15) is 25.8 Å². The van der Waals surface area contributed by atoms with E-state index in [1.807, 2.05) is 6.92 Å². The quantitative estimate of drug-likeness (QED) is 0.739. The Kier molecular flexibility index (Phi) is 4.78. The van der Waals surface area contributed by atoms with Crippen LogP contribution in [-0.2, 0) is 23.8 Å². The molecule has 2 aliphatic heterocycles. The standard InChI is InChI=1S/C17H23NO6S/c1-12(2)24-16(19)18-10-17(8-14(18)9-22-17)11-23-25(20,21)15-6-4-13(3)5-7-15/h4-7,12,14H,8-11H2,1-3H3. The first-order chi connectivity index (χ1) is 11.7. The molecule has 0 aliphatic carbocycles. The summed E-state index contributed by atoms with van der Waals surface area (Å²) in [6.07, 6.45) is -0.0582. The number of rotatable bonds is 5. The Morgan fingerprint density at radius 3 is 2.68 bits per heavy atom. The van der Waals surface area contributed by atoms with E-state index in [4.69, 9.17) is 13.7 Å². The topological polar surface area (TPSA) is 82.1 Å². The van der Waals surface area contributed by atoms with E-state index >= 15 is 0 Å². The van der Waals surface area contributed by atoms with Crippen LogP contribution in [0.5, 0.6) is 0 Å². The summed E-state index contributed by atoms with van der Waals surface area (Å²) in [5.74, 6) is 0. The molecule has 0 aromatic heterocycles. The van der Waals surface area contributed by atoms with Crippen molar-refractivity contribution in [1.82, 2.24) is 4.90 Å². The molecular formula is C17H23NO6S. The molecule has 138 valence electrons. The van der Waals surface area contributed by atoms with Crippen molar-refractivity contribution in [3.63, 3.8) is 0 Å². The second kappa shape index (κ2) is 6.59. The van der Waals surface area contributed by atoms with Crippen LogP contribution in [0.15, 0.2) is 29.2 Å². The number of likely N-dealkylation sites (tertiary alicyclic amines) is 1. The molecule has 2 unspecified atom stereocenters. The second-order valence-corrected chi connectivity index (χ2v) is 8.56. The maximum Gasteiger partial charge on any atom is 0.410 e. The molecule has 2 bridgehead atoms. The minimum Gasteiger partial charge on any atom is -0.447 e. The zero-order chi connectivity index (χ0) is 18.2. The largest absolute Gasteiger partial charge is 0.447 e. The molecule has 2 heterocycles. The molecule has 1 aromatic carbocycles. The normalized spacial score (nSPS) is 25.6. The van der Waals surface area contributed by atoms with E-state index in [2.05, 4.69) is 0 Å². The number of carbonyl (C=O) groups is 1. The maximum absolute atomic E-state index is 12.3. The van der Waals surface area contributed by atoms with Gasteiger partial charge >= 0.3 is 6.09 Å². The Labute approximate surface area is 148 Å². The monoisotopic (exact) mass is 369 g/mol. The third-order valence-electron chi connectivity index (χ3n) is 4.45. The molecular weight excluding hydrogens is 346 g/mol. The van der Waals surface area contributed by atoms with Gasteiger partial charge in [0.25, 0.3) is 10.1 Å².